The van der Waals surface area contributed by atoms with E-state index >= 15 is 0 Å². The topological polar surface area (TPSA) is 42.4 Å². The van der Waals surface area contributed by atoms with Gasteiger partial charge in [0, 0.05) is 11.8 Å². The largest absolute Gasteiger partial charge is 0.489 e. The lowest BCUT2D eigenvalue weighted by molar-refractivity contribution is -0.0249. The van der Waals surface area contributed by atoms with Crippen molar-refractivity contribution >= 4 is 0 Å². The Morgan fingerprint density at radius 3 is 2.76 bits per heavy atom. The van der Waals surface area contributed by atoms with Crippen LogP contribution in [0, 0.1) is 11.8 Å². The number of rotatable bonds is 5. The van der Waals surface area contributed by atoms with Crippen molar-refractivity contribution in [1.82, 2.24) is 4.98 Å². The fourth-order valence-corrected chi connectivity index (χ4v) is 3.50. The molecule has 2 unspecified atom stereocenters. The van der Waals surface area contributed by atoms with Gasteiger partial charge in [-0.05, 0) is 57.4 Å². The van der Waals surface area contributed by atoms with Gasteiger partial charge in [0.2, 0.25) is 0 Å². The molecule has 0 aromatic carbocycles. The van der Waals surface area contributed by atoms with Crippen molar-refractivity contribution in [1.29, 1.82) is 0 Å². The third kappa shape index (κ3) is 4.44. The summed E-state index contributed by atoms with van der Waals surface area (Å²) in [6.45, 7) is 8.51. The molecule has 0 radical (unpaired) electrons. The van der Waals surface area contributed by atoms with E-state index in [2.05, 4.69) is 18.8 Å². The van der Waals surface area contributed by atoms with Crippen molar-refractivity contribution in [3.05, 3.63) is 24.0 Å². The molecule has 1 aliphatic rings. The zero-order valence-corrected chi connectivity index (χ0v) is 13.8. The minimum atomic E-state index is -0.735. The Morgan fingerprint density at radius 2 is 2.10 bits per heavy atom. The van der Waals surface area contributed by atoms with Crippen LogP contribution in [-0.2, 0) is 5.60 Å². The van der Waals surface area contributed by atoms with Crippen molar-refractivity contribution < 1.29 is 9.84 Å². The Bertz CT molecular complexity index is 458. The van der Waals surface area contributed by atoms with E-state index in [1.54, 1.807) is 12.4 Å². The second kappa shape index (κ2) is 6.78. The fraction of sp³-hybridized carbons (Fsp3) is 0.722. The van der Waals surface area contributed by atoms with Gasteiger partial charge in [-0.3, -0.25) is 4.98 Å². The van der Waals surface area contributed by atoms with Crippen LogP contribution in [0.25, 0.3) is 0 Å². The molecule has 2 rings (SSSR count). The van der Waals surface area contributed by atoms with Crippen LogP contribution in [0.1, 0.15) is 65.4 Å². The number of nitrogens with zero attached hydrogens (tertiary/aromatic N) is 1. The van der Waals surface area contributed by atoms with Crippen molar-refractivity contribution in [3.8, 4) is 5.75 Å². The van der Waals surface area contributed by atoms with Crippen molar-refractivity contribution in [2.24, 2.45) is 11.8 Å². The lowest BCUT2D eigenvalue weighted by Crippen LogP contribution is -2.33. The van der Waals surface area contributed by atoms with Gasteiger partial charge in [0.1, 0.15) is 5.75 Å². The van der Waals surface area contributed by atoms with E-state index in [1.165, 1.54) is 12.8 Å². The third-order valence-corrected chi connectivity index (χ3v) is 4.26. The molecule has 21 heavy (non-hydrogen) atoms. The number of hydrogen-bond donors (Lipinski definition) is 1. The minimum Gasteiger partial charge on any atom is -0.489 e. The van der Waals surface area contributed by atoms with Gasteiger partial charge in [0.15, 0.2) is 0 Å². The van der Waals surface area contributed by atoms with Gasteiger partial charge in [-0.1, -0.05) is 20.3 Å². The molecule has 3 heteroatoms. The van der Waals surface area contributed by atoms with E-state index in [4.69, 9.17) is 4.74 Å². The van der Waals surface area contributed by atoms with Crippen LogP contribution in [0.3, 0.4) is 0 Å². The van der Waals surface area contributed by atoms with Gasteiger partial charge in [-0.2, -0.15) is 0 Å². The van der Waals surface area contributed by atoms with Crippen LogP contribution in [-0.4, -0.2) is 16.2 Å². The average Bonchev–Trinajstić information content (AvgIpc) is 2.37. The Morgan fingerprint density at radius 1 is 1.33 bits per heavy atom. The highest BCUT2D eigenvalue weighted by atomic mass is 16.5. The van der Waals surface area contributed by atoms with Crippen molar-refractivity contribution in [2.75, 3.05) is 0 Å². The molecule has 0 bridgehead atoms. The van der Waals surface area contributed by atoms with E-state index in [-0.39, 0.29) is 6.10 Å². The first-order chi connectivity index (χ1) is 9.89. The molecule has 1 fully saturated rings. The number of ether oxygens (including phenoxy) is 1. The first kappa shape index (κ1) is 16.3. The molecule has 1 aromatic heterocycles. The first-order valence-corrected chi connectivity index (χ1v) is 8.23. The van der Waals surface area contributed by atoms with Gasteiger partial charge >= 0.3 is 0 Å². The second-order valence-electron chi connectivity index (χ2n) is 7.20. The predicted octanol–water partition coefficient (Wildman–Crippen LogP) is 4.29. The molecule has 1 aliphatic carbocycles. The summed E-state index contributed by atoms with van der Waals surface area (Å²) in [6.07, 6.45) is 8.83. The first-order valence-electron chi connectivity index (χ1n) is 8.23. The van der Waals surface area contributed by atoms with Crippen LogP contribution in [0.2, 0.25) is 0 Å². The van der Waals surface area contributed by atoms with Gasteiger partial charge in [-0.15, -0.1) is 0 Å². The molecule has 3 nitrogen and oxygen atoms in total. The minimum absolute atomic E-state index is 0.122. The SMILES string of the molecule is CC(C)CC1CCCC(O)(c2cncc(OC(C)C)c2)C1. The summed E-state index contributed by atoms with van der Waals surface area (Å²) < 4.78 is 5.71. The zero-order chi connectivity index (χ0) is 15.5. The van der Waals surface area contributed by atoms with Crippen LogP contribution in [0.4, 0.5) is 0 Å². The predicted molar refractivity (Wildman–Crippen MR) is 85.3 cm³/mol. The van der Waals surface area contributed by atoms with Crippen molar-refractivity contribution in [2.45, 2.75) is 71.5 Å². The summed E-state index contributed by atoms with van der Waals surface area (Å²) in [5, 5.41) is 11.1. The van der Waals surface area contributed by atoms with E-state index < -0.39 is 5.60 Å². The molecule has 0 spiro atoms. The maximum atomic E-state index is 11.1. The maximum absolute atomic E-state index is 11.1. The number of pyridine rings is 1. The molecular weight excluding hydrogens is 262 g/mol. The van der Waals surface area contributed by atoms with Crippen LogP contribution in [0.5, 0.6) is 5.75 Å². The Balaban J connectivity index is 2.14. The van der Waals surface area contributed by atoms with Gasteiger partial charge < -0.3 is 9.84 Å². The van der Waals surface area contributed by atoms with E-state index in [1.807, 2.05) is 19.9 Å². The Hall–Kier alpha value is -1.09. The summed E-state index contributed by atoms with van der Waals surface area (Å²) >= 11 is 0. The number of aliphatic hydroxyl groups is 1. The number of hydrogen-bond acceptors (Lipinski definition) is 3. The van der Waals surface area contributed by atoms with Crippen molar-refractivity contribution in [3.63, 3.8) is 0 Å². The zero-order valence-electron chi connectivity index (χ0n) is 13.8. The van der Waals surface area contributed by atoms with Gasteiger partial charge in [-0.25, -0.2) is 0 Å². The van der Waals surface area contributed by atoms with Crippen LogP contribution < -0.4 is 4.74 Å². The lowest BCUT2D eigenvalue weighted by atomic mass is 9.72. The molecule has 0 amide bonds. The summed E-state index contributed by atoms with van der Waals surface area (Å²) in [5.41, 5.74) is 0.176. The second-order valence-corrected chi connectivity index (χ2v) is 7.20. The molecule has 1 heterocycles. The quantitative estimate of drug-likeness (QED) is 0.880. The van der Waals surface area contributed by atoms with Gasteiger partial charge in [0.05, 0.1) is 17.9 Å². The molecule has 1 aromatic rings. The summed E-state index contributed by atoms with van der Waals surface area (Å²) in [7, 11) is 0. The summed E-state index contributed by atoms with van der Waals surface area (Å²) in [6, 6.07) is 1.96. The molecule has 0 saturated heterocycles. The molecule has 2 atom stereocenters. The fourth-order valence-electron chi connectivity index (χ4n) is 3.50. The summed E-state index contributed by atoms with van der Waals surface area (Å²) in [4.78, 5) is 4.26. The van der Waals surface area contributed by atoms with Gasteiger partial charge in [0.25, 0.3) is 0 Å². The highest BCUT2D eigenvalue weighted by molar-refractivity contribution is 5.28. The maximum Gasteiger partial charge on any atom is 0.138 e. The summed E-state index contributed by atoms with van der Waals surface area (Å²) in [5.74, 6) is 2.05. The smallest absolute Gasteiger partial charge is 0.138 e. The molecule has 0 aliphatic heterocycles. The molecule has 1 saturated carbocycles. The normalized spacial score (nSPS) is 26.3. The average molecular weight is 291 g/mol. The molecule has 118 valence electrons. The van der Waals surface area contributed by atoms with Crippen LogP contribution >= 0.6 is 0 Å². The monoisotopic (exact) mass is 291 g/mol. The number of aromatic nitrogens is 1. The van der Waals surface area contributed by atoms with E-state index in [0.29, 0.717) is 11.8 Å². The Kier molecular flexibility index (Phi) is 5.26. The van der Waals surface area contributed by atoms with Crippen LogP contribution in [0.15, 0.2) is 18.5 Å². The Labute approximate surface area is 128 Å². The standard InChI is InChI=1S/C18H29NO2/c1-13(2)8-15-6-5-7-18(20,10-15)16-9-17(12-19-11-16)21-14(3)4/h9,11-15,20H,5-8,10H2,1-4H3. The van der Waals surface area contributed by atoms with E-state index in [9.17, 15) is 5.11 Å². The molecule has 1 N–H and O–H groups in total. The molecular formula is C18H29NO2. The third-order valence-electron chi connectivity index (χ3n) is 4.26. The van der Waals surface area contributed by atoms with E-state index in [0.717, 1.165) is 30.6 Å². The lowest BCUT2D eigenvalue weighted by Gasteiger charge is -2.37. The highest BCUT2D eigenvalue weighted by Gasteiger charge is 2.36. The highest BCUT2D eigenvalue weighted by Crippen LogP contribution is 2.42.